The van der Waals surface area contributed by atoms with E-state index in [1.54, 1.807) is 0 Å². The van der Waals surface area contributed by atoms with Gasteiger partial charge in [0, 0.05) is 6.42 Å². The minimum absolute atomic E-state index is 0.338. The summed E-state index contributed by atoms with van der Waals surface area (Å²) in [4.78, 5) is 0. The molecule has 0 aliphatic carbocycles. The molecule has 7 heteroatoms. The molecule has 102 valence electrons. The third-order valence-corrected chi connectivity index (χ3v) is 2.59. The van der Waals surface area contributed by atoms with Crippen molar-refractivity contribution in [1.82, 2.24) is 0 Å². The molecular weight excluding hydrogens is 271 g/mol. The highest BCUT2D eigenvalue weighted by Crippen LogP contribution is 2.29. The molecule has 0 spiro atoms. The quantitative estimate of drug-likeness (QED) is 0.531. The van der Waals surface area contributed by atoms with Gasteiger partial charge in [-0.3, -0.25) is 0 Å². The standard InChI is InChI=1S/C12H7F5O2/c13-8-7(6(18)3-5-1-2-19-4-5)9(14)11(16)12(17)10(8)15/h1-2,4,6,18H,3H2. The van der Waals surface area contributed by atoms with Gasteiger partial charge >= 0.3 is 0 Å². The zero-order valence-corrected chi connectivity index (χ0v) is 9.26. The van der Waals surface area contributed by atoms with Crippen LogP contribution < -0.4 is 0 Å². The van der Waals surface area contributed by atoms with Crippen molar-refractivity contribution in [2.24, 2.45) is 0 Å². The topological polar surface area (TPSA) is 33.4 Å². The molecule has 1 aromatic carbocycles. The van der Waals surface area contributed by atoms with Crippen LogP contribution in [0, 0.1) is 29.1 Å². The zero-order chi connectivity index (χ0) is 14.2. The largest absolute Gasteiger partial charge is 0.472 e. The Morgan fingerprint density at radius 1 is 0.947 bits per heavy atom. The normalized spacial score (nSPS) is 12.7. The lowest BCUT2D eigenvalue weighted by atomic mass is 10.0. The highest BCUT2D eigenvalue weighted by molar-refractivity contribution is 5.27. The molecule has 0 bridgehead atoms. The lowest BCUT2D eigenvalue weighted by molar-refractivity contribution is 0.163. The van der Waals surface area contributed by atoms with Crippen LogP contribution in [-0.2, 0) is 6.42 Å². The average molecular weight is 278 g/mol. The predicted molar refractivity (Wildman–Crippen MR) is 53.6 cm³/mol. The smallest absolute Gasteiger partial charge is 0.200 e. The molecule has 0 aliphatic rings. The van der Waals surface area contributed by atoms with Crippen molar-refractivity contribution >= 4 is 0 Å². The Kier molecular flexibility index (Phi) is 3.57. The van der Waals surface area contributed by atoms with Crippen LogP contribution in [0.3, 0.4) is 0 Å². The van der Waals surface area contributed by atoms with E-state index < -0.39 is 40.8 Å². The van der Waals surface area contributed by atoms with Crippen LogP contribution in [0.2, 0.25) is 0 Å². The van der Waals surface area contributed by atoms with E-state index in [9.17, 15) is 27.1 Å². The van der Waals surface area contributed by atoms with Crippen molar-refractivity contribution in [2.45, 2.75) is 12.5 Å². The van der Waals surface area contributed by atoms with Gasteiger partial charge in [0.2, 0.25) is 5.82 Å². The summed E-state index contributed by atoms with van der Waals surface area (Å²) in [5.74, 6) is -10.5. The Morgan fingerprint density at radius 3 is 1.95 bits per heavy atom. The molecule has 1 N–H and O–H groups in total. The second kappa shape index (κ2) is 5.00. The summed E-state index contributed by atoms with van der Waals surface area (Å²) >= 11 is 0. The van der Waals surface area contributed by atoms with Gasteiger partial charge in [-0.15, -0.1) is 0 Å². The van der Waals surface area contributed by atoms with Gasteiger partial charge in [-0.05, 0) is 11.6 Å². The van der Waals surface area contributed by atoms with Crippen LogP contribution in [0.5, 0.6) is 0 Å². The summed E-state index contributed by atoms with van der Waals surface area (Å²) < 4.78 is 70.1. The van der Waals surface area contributed by atoms with E-state index in [2.05, 4.69) is 4.42 Å². The van der Waals surface area contributed by atoms with Gasteiger partial charge in [0.15, 0.2) is 23.3 Å². The third-order valence-electron chi connectivity index (χ3n) is 2.59. The molecule has 0 amide bonds. The SMILES string of the molecule is OC(Cc1ccoc1)c1c(F)c(F)c(F)c(F)c1F. The van der Waals surface area contributed by atoms with Gasteiger partial charge in [-0.25, -0.2) is 22.0 Å². The molecule has 1 atom stereocenters. The van der Waals surface area contributed by atoms with E-state index in [0.29, 0.717) is 5.56 Å². The minimum Gasteiger partial charge on any atom is -0.472 e. The maximum absolute atomic E-state index is 13.4. The molecule has 19 heavy (non-hydrogen) atoms. The van der Waals surface area contributed by atoms with E-state index in [1.165, 1.54) is 18.6 Å². The van der Waals surface area contributed by atoms with Gasteiger partial charge in [-0.1, -0.05) is 0 Å². The van der Waals surface area contributed by atoms with Crippen molar-refractivity contribution in [1.29, 1.82) is 0 Å². The van der Waals surface area contributed by atoms with Gasteiger partial charge < -0.3 is 9.52 Å². The Hall–Kier alpha value is -1.89. The molecule has 2 nitrogen and oxygen atoms in total. The molecule has 0 radical (unpaired) electrons. The fraction of sp³-hybridized carbons (Fsp3) is 0.167. The third kappa shape index (κ3) is 2.33. The second-order valence-electron chi connectivity index (χ2n) is 3.84. The van der Waals surface area contributed by atoms with Crippen LogP contribution in [0.15, 0.2) is 23.0 Å². The molecular formula is C12H7F5O2. The number of aliphatic hydroxyl groups excluding tert-OH is 1. The van der Waals surface area contributed by atoms with E-state index >= 15 is 0 Å². The van der Waals surface area contributed by atoms with Crippen LogP contribution in [0.4, 0.5) is 22.0 Å². The zero-order valence-electron chi connectivity index (χ0n) is 9.26. The summed E-state index contributed by atoms with van der Waals surface area (Å²) in [6.07, 6.45) is 0.229. The molecule has 2 rings (SSSR count). The van der Waals surface area contributed by atoms with E-state index in [4.69, 9.17) is 0 Å². The highest BCUT2D eigenvalue weighted by Gasteiger charge is 2.29. The summed E-state index contributed by atoms with van der Waals surface area (Å²) in [6.45, 7) is 0. The summed E-state index contributed by atoms with van der Waals surface area (Å²) in [7, 11) is 0. The van der Waals surface area contributed by atoms with Crippen molar-refractivity contribution in [3.05, 3.63) is 58.8 Å². The summed E-state index contributed by atoms with van der Waals surface area (Å²) in [5, 5.41) is 9.62. The predicted octanol–water partition coefficient (Wildman–Crippen LogP) is 3.25. The monoisotopic (exact) mass is 278 g/mol. The van der Waals surface area contributed by atoms with Gasteiger partial charge in [0.1, 0.15) is 0 Å². The van der Waals surface area contributed by atoms with E-state index in [0.717, 1.165) is 0 Å². The second-order valence-corrected chi connectivity index (χ2v) is 3.84. The number of hydrogen-bond donors (Lipinski definition) is 1. The molecule has 2 aromatic rings. The van der Waals surface area contributed by atoms with Gasteiger partial charge in [0.05, 0.1) is 24.2 Å². The minimum atomic E-state index is -2.26. The molecule has 1 heterocycles. The van der Waals surface area contributed by atoms with Crippen LogP contribution in [0.25, 0.3) is 0 Å². The number of hydrogen-bond acceptors (Lipinski definition) is 2. The molecule has 0 saturated heterocycles. The number of aliphatic hydroxyl groups is 1. The number of benzene rings is 1. The molecule has 0 fully saturated rings. The molecule has 1 aromatic heterocycles. The highest BCUT2D eigenvalue weighted by atomic mass is 19.2. The van der Waals surface area contributed by atoms with Gasteiger partial charge in [0.25, 0.3) is 0 Å². The van der Waals surface area contributed by atoms with Crippen LogP contribution in [0.1, 0.15) is 17.2 Å². The van der Waals surface area contributed by atoms with Gasteiger partial charge in [-0.2, -0.15) is 0 Å². The lowest BCUT2D eigenvalue weighted by Gasteiger charge is -2.13. The first kappa shape index (κ1) is 13.5. The summed E-state index contributed by atoms with van der Waals surface area (Å²) in [6, 6.07) is 1.40. The van der Waals surface area contributed by atoms with Crippen molar-refractivity contribution in [3.8, 4) is 0 Å². The Morgan fingerprint density at radius 2 is 1.47 bits per heavy atom. The number of halogens is 5. The maximum Gasteiger partial charge on any atom is 0.200 e. The average Bonchev–Trinajstić information content (AvgIpc) is 2.87. The Bertz CT molecular complexity index is 566. The number of rotatable bonds is 3. The Labute approximate surface area is 104 Å². The molecule has 0 aliphatic heterocycles. The Balaban J connectivity index is 2.44. The van der Waals surface area contributed by atoms with E-state index in [-0.39, 0.29) is 6.42 Å². The van der Waals surface area contributed by atoms with E-state index in [1.807, 2.05) is 0 Å². The molecule has 1 unspecified atom stereocenters. The fourth-order valence-electron chi connectivity index (χ4n) is 1.65. The van der Waals surface area contributed by atoms with Crippen LogP contribution >= 0.6 is 0 Å². The first-order chi connectivity index (χ1) is 8.93. The fourth-order valence-corrected chi connectivity index (χ4v) is 1.65. The van der Waals surface area contributed by atoms with Crippen LogP contribution in [-0.4, -0.2) is 5.11 Å². The lowest BCUT2D eigenvalue weighted by Crippen LogP contribution is -2.13. The summed E-state index contributed by atoms with van der Waals surface area (Å²) in [5.41, 5.74) is -0.894. The van der Waals surface area contributed by atoms with Crippen molar-refractivity contribution in [3.63, 3.8) is 0 Å². The van der Waals surface area contributed by atoms with Crippen molar-refractivity contribution < 1.29 is 31.5 Å². The van der Waals surface area contributed by atoms with Crippen molar-refractivity contribution in [2.75, 3.05) is 0 Å². The maximum atomic E-state index is 13.4. The first-order valence-corrected chi connectivity index (χ1v) is 5.14. The number of furan rings is 1. The first-order valence-electron chi connectivity index (χ1n) is 5.14. The molecule has 0 saturated carbocycles.